The molecule has 0 aromatic heterocycles. The lowest BCUT2D eigenvalue weighted by Crippen LogP contribution is -2.35. The number of halogens is 7. The van der Waals surface area contributed by atoms with Crippen molar-refractivity contribution in [3.05, 3.63) is 112 Å². The number of carboxylic acids is 1. The van der Waals surface area contributed by atoms with Gasteiger partial charge < -0.3 is 34.0 Å². The number of anilines is 1. The summed E-state index contributed by atoms with van der Waals surface area (Å²) in [4.78, 5) is 61.7. The first-order valence-corrected chi connectivity index (χ1v) is 22.2. The molecule has 0 radical (unpaired) electrons. The molecule has 0 bridgehead atoms. The van der Waals surface area contributed by atoms with Crippen LogP contribution in [0.25, 0.3) is 0 Å². The number of nitro groups is 1. The van der Waals surface area contributed by atoms with Gasteiger partial charge in [-0.1, -0.05) is 79.0 Å². The van der Waals surface area contributed by atoms with Gasteiger partial charge in [-0.05, 0) is 55.2 Å². The number of hydrogen-bond acceptors (Lipinski definition) is 10. The molecule has 3 aromatic rings. The van der Waals surface area contributed by atoms with Crippen molar-refractivity contribution in [2.75, 3.05) is 57.1 Å². The standard InChI is InChI=1S/C15H11ClF3NO4.C14H20ClNO2.C8H11Cl2NO.C3H8NO5P/c1-2-23-14-8-10(4-5-12(14)20(21)22)24-13-6-3-9(7-11(13)16)15(17,18)19;1-4-11-7-6-8-12(5-2)14(11)16(10-18-3)13(17)9-15;1-3-5-11(6-4-2)8(12)7(9)10;5-3(6)1-4-2-10(7,8)9/h3-8H,2H2,1H3;6-8H,4-5,9-10H2,1-3H3;3-4,7H,1-2,5-6H2;4H,1-2H2,(H,5,6)(H2,7,8,9). The first-order valence-electron chi connectivity index (χ1n) is 18.6. The number of carbonyl (C=O) groups excluding carboxylic acids is 2. The first kappa shape index (κ1) is 59.6. The Morgan fingerprint density at radius 1 is 0.984 bits per heavy atom. The van der Waals surface area contributed by atoms with Crippen LogP contribution < -0.4 is 19.7 Å². The molecule has 16 nitrogen and oxygen atoms in total. The summed E-state index contributed by atoms with van der Waals surface area (Å²) in [6.07, 6.45) is -0.149. The maximum atomic E-state index is 12.6. The van der Waals surface area contributed by atoms with E-state index in [0.717, 1.165) is 47.9 Å². The van der Waals surface area contributed by atoms with Crippen LogP contribution in [0.5, 0.6) is 17.2 Å². The zero-order valence-electron chi connectivity index (χ0n) is 35.2. The molecule has 0 fully saturated rings. The number of nitrogens with zero attached hydrogens (tertiary/aromatic N) is 3. The molecule has 356 valence electrons. The fourth-order valence-corrected chi connectivity index (χ4v) is 5.95. The van der Waals surface area contributed by atoms with Gasteiger partial charge in [0.15, 0.2) is 4.84 Å². The summed E-state index contributed by atoms with van der Waals surface area (Å²) in [5, 5.41) is 20.7. The highest BCUT2D eigenvalue weighted by atomic mass is 35.5. The number of carboxylic acid groups (broad SMARTS) is 1. The fourth-order valence-electron chi connectivity index (χ4n) is 4.90. The zero-order valence-corrected chi connectivity index (χ0v) is 39.1. The fraction of sp³-hybridized carbons (Fsp3) is 0.375. The van der Waals surface area contributed by atoms with E-state index >= 15 is 0 Å². The van der Waals surface area contributed by atoms with Gasteiger partial charge in [0.05, 0.1) is 40.6 Å². The minimum atomic E-state index is -4.52. The molecular formula is C40H50Cl4F3N4O12P. The second kappa shape index (κ2) is 30.7. The van der Waals surface area contributed by atoms with Crippen molar-refractivity contribution in [3.8, 4) is 17.2 Å². The Balaban J connectivity index is 0.000000879. The largest absolute Gasteiger partial charge is 0.487 e. The molecule has 3 rings (SSSR count). The van der Waals surface area contributed by atoms with Gasteiger partial charge in [0.25, 0.3) is 5.91 Å². The number of nitrogens with one attached hydrogen (secondary N) is 1. The van der Waals surface area contributed by atoms with Crippen LogP contribution in [0, 0.1) is 10.1 Å². The Kier molecular flexibility index (Phi) is 28.5. The number of aryl methyl sites for hydroxylation is 2. The molecule has 0 aliphatic carbocycles. The van der Waals surface area contributed by atoms with E-state index in [0.29, 0.717) is 13.1 Å². The van der Waals surface area contributed by atoms with Crippen molar-refractivity contribution in [1.82, 2.24) is 10.2 Å². The van der Waals surface area contributed by atoms with E-state index in [2.05, 4.69) is 32.3 Å². The number of ether oxygens (including phenoxy) is 3. The molecule has 0 spiro atoms. The number of alkyl halides is 6. The number of methoxy groups -OCH3 is 1. The summed E-state index contributed by atoms with van der Waals surface area (Å²) in [5.41, 5.74) is 2.09. The quantitative estimate of drug-likeness (QED) is 0.0207. The number of para-hydroxylation sites is 1. The molecule has 4 N–H and O–H groups in total. The average molecular weight is 1010 g/mol. The highest BCUT2D eigenvalue weighted by Gasteiger charge is 2.31. The van der Waals surface area contributed by atoms with Gasteiger partial charge in [-0.3, -0.25) is 39.3 Å². The van der Waals surface area contributed by atoms with Crippen LogP contribution in [-0.2, 0) is 42.7 Å². The lowest BCUT2D eigenvalue weighted by atomic mass is 10.0. The highest BCUT2D eigenvalue weighted by molar-refractivity contribution is 7.51. The molecule has 0 saturated heterocycles. The topological polar surface area (TPSA) is 218 Å². The first-order chi connectivity index (χ1) is 30.0. The number of aliphatic carboxylic acids is 1. The van der Waals surface area contributed by atoms with Crippen LogP contribution in [0.4, 0.5) is 24.5 Å². The van der Waals surface area contributed by atoms with E-state index in [-0.39, 0.29) is 59.0 Å². The number of amides is 2. The van der Waals surface area contributed by atoms with Crippen molar-refractivity contribution < 1.29 is 66.1 Å². The third-order valence-electron chi connectivity index (χ3n) is 7.61. The van der Waals surface area contributed by atoms with Crippen molar-refractivity contribution in [2.45, 2.75) is 44.6 Å². The molecule has 3 aromatic carbocycles. The second-order valence-electron chi connectivity index (χ2n) is 12.3. The summed E-state index contributed by atoms with van der Waals surface area (Å²) < 4.78 is 63.6. The highest BCUT2D eigenvalue weighted by Crippen LogP contribution is 2.38. The number of rotatable bonds is 20. The van der Waals surface area contributed by atoms with Crippen LogP contribution in [0.2, 0.25) is 5.02 Å². The Hall–Kier alpha value is -4.43. The summed E-state index contributed by atoms with van der Waals surface area (Å²) in [6.45, 7) is 13.7. The van der Waals surface area contributed by atoms with E-state index in [1.165, 1.54) is 23.1 Å². The van der Waals surface area contributed by atoms with E-state index in [1.54, 1.807) is 31.1 Å². The Morgan fingerprint density at radius 2 is 1.56 bits per heavy atom. The molecule has 0 unspecified atom stereocenters. The molecular weight excluding hydrogens is 958 g/mol. The number of nitro benzene ring substituents is 1. The molecule has 2 amide bonds. The molecule has 0 aliphatic heterocycles. The van der Waals surface area contributed by atoms with E-state index < -0.39 is 47.9 Å². The molecule has 0 atom stereocenters. The predicted octanol–water partition coefficient (Wildman–Crippen LogP) is 9.23. The Bertz CT molecular complexity index is 2010. The average Bonchev–Trinajstić information content (AvgIpc) is 3.22. The van der Waals surface area contributed by atoms with Crippen LogP contribution in [0.3, 0.4) is 0 Å². The van der Waals surface area contributed by atoms with Gasteiger partial charge in [0.1, 0.15) is 24.1 Å². The molecule has 24 heteroatoms. The van der Waals surface area contributed by atoms with Gasteiger partial charge in [-0.2, -0.15) is 13.2 Å². The Morgan fingerprint density at radius 3 is 1.97 bits per heavy atom. The summed E-state index contributed by atoms with van der Waals surface area (Å²) >= 11 is 22.3. The van der Waals surface area contributed by atoms with Crippen molar-refractivity contribution in [3.63, 3.8) is 0 Å². The Labute approximate surface area is 388 Å². The minimum absolute atomic E-state index is 0.0111. The summed E-state index contributed by atoms with van der Waals surface area (Å²) in [5.74, 6) is -1.51. The SMILES string of the molecule is C=CCN(CC=C)C(=O)C(Cl)Cl.CCOc1cc(Oc2ccc(C(F)(F)F)cc2Cl)ccc1[N+](=O)[O-].CCc1cccc(CC)c1N(COC)C(=O)CCl.O=C(O)CNCP(=O)(O)O. The van der Waals surface area contributed by atoms with Gasteiger partial charge in [0.2, 0.25) is 11.7 Å². The van der Waals surface area contributed by atoms with Crippen molar-refractivity contribution >= 4 is 83.2 Å². The normalized spacial score (nSPS) is 10.7. The zero-order chi connectivity index (χ0) is 49.2. The predicted molar refractivity (Wildman–Crippen MR) is 241 cm³/mol. The lowest BCUT2D eigenvalue weighted by molar-refractivity contribution is -0.385. The smallest absolute Gasteiger partial charge is 0.416 e. The number of benzene rings is 3. The van der Waals surface area contributed by atoms with Gasteiger partial charge in [-0.25, -0.2) is 0 Å². The molecule has 64 heavy (non-hydrogen) atoms. The third kappa shape index (κ3) is 22.5. The van der Waals surface area contributed by atoms with Crippen LogP contribution >= 0.6 is 54.0 Å². The number of carbonyl (C=O) groups is 3. The monoisotopic (exact) mass is 1010 g/mol. The second-order valence-corrected chi connectivity index (χ2v) is 15.8. The molecule has 0 aliphatic rings. The van der Waals surface area contributed by atoms with Crippen LogP contribution in [0.1, 0.15) is 37.5 Å². The summed E-state index contributed by atoms with van der Waals surface area (Å²) in [7, 11) is -2.52. The maximum absolute atomic E-state index is 12.6. The molecule has 0 saturated carbocycles. The lowest BCUT2D eigenvalue weighted by Gasteiger charge is -2.26. The van der Waals surface area contributed by atoms with Gasteiger partial charge in [-0.15, -0.1) is 24.8 Å². The van der Waals surface area contributed by atoms with Gasteiger partial charge >= 0.3 is 25.4 Å². The third-order valence-corrected chi connectivity index (χ3v) is 9.15. The minimum Gasteiger partial charge on any atom is -0.487 e. The van der Waals surface area contributed by atoms with E-state index in [1.807, 2.05) is 18.2 Å². The van der Waals surface area contributed by atoms with E-state index in [9.17, 15) is 42.2 Å². The molecule has 0 heterocycles. The van der Waals surface area contributed by atoms with Crippen LogP contribution in [-0.4, -0.2) is 99.6 Å². The summed E-state index contributed by atoms with van der Waals surface area (Å²) in [6, 6.07) is 12.5. The number of hydrogen-bond donors (Lipinski definition) is 4. The maximum Gasteiger partial charge on any atom is 0.416 e. The van der Waals surface area contributed by atoms with Crippen molar-refractivity contribution in [1.29, 1.82) is 0 Å². The van der Waals surface area contributed by atoms with Crippen LogP contribution in [0.15, 0.2) is 79.9 Å². The van der Waals surface area contributed by atoms with Crippen molar-refractivity contribution in [2.24, 2.45) is 0 Å². The van der Waals surface area contributed by atoms with E-state index in [4.69, 9.17) is 75.5 Å². The van der Waals surface area contributed by atoms with Gasteiger partial charge in [0, 0.05) is 32.3 Å².